The summed E-state index contributed by atoms with van der Waals surface area (Å²) in [6.07, 6.45) is 1.48. The number of hydrogen-bond acceptors (Lipinski definition) is 4. The lowest BCUT2D eigenvalue weighted by molar-refractivity contribution is 0.628. The van der Waals surface area contributed by atoms with E-state index in [1.165, 1.54) is 18.5 Å². The Balaban J connectivity index is 2.04. The van der Waals surface area contributed by atoms with Gasteiger partial charge in [0.15, 0.2) is 11.5 Å². The summed E-state index contributed by atoms with van der Waals surface area (Å²) in [6, 6.07) is 4.26. The molecule has 3 aromatic rings. The maximum atomic E-state index is 13.1. The molecule has 8 heteroatoms. The van der Waals surface area contributed by atoms with Crippen molar-refractivity contribution in [3.63, 3.8) is 0 Å². The van der Waals surface area contributed by atoms with Crippen molar-refractivity contribution in [2.75, 3.05) is 5.32 Å². The van der Waals surface area contributed by atoms with E-state index in [1.54, 1.807) is 6.07 Å². The predicted molar refractivity (Wildman–Crippen MR) is 71.4 cm³/mol. The Morgan fingerprint density at radius 2 is 2.05 bits per heavy atom. The minimum absolute atomic E-state index is 0.0195. The van der Waals surface area contributed by atoms with Crippen LogP contribution in [0.5, 0.6) is 0 Å². The molecule has 0 saturated carbocycles. The van der Waals surface area contributed by atoms with Crippen LogP contribution in [0.4, 0.5) is 15.9 Å². The standard InChI is InChI=1S/C11H6Cl2FN5/c12-6-3-5(1-2-7(6)14)17-10-8-9(16-4-15-8)18-11(13)19-10/h1-4H,(H2,15,16,17,18,19). The Hall–Kier alpha value is -1.92. The summed E-state index contributed by atoms with van der Waals surface area (Å²) in [7, 11) is 0. The van der Waals surface area contributed by atoms with E-state index in [4.69, 9.17) is 23.2 Å². The predicted octanol–water partition coefficient (Wildman–Crippen LogP) is 3.54. The van der Waals surface area contributed by atoms with Gasteiger partial charge in [-0.05, 0) is 29.8 Å². The lowest BCUT2D eigenvalue weighted by atomic mass is 10.3. The summed E-state index contributed by atoms with van der Waals surface area (Å²) < 4.78 is 13.1. The van der Waals surface area contributed by atoms with E-state index in [1.807, 2.05) is 0 Å². The molecule has 0 radical (unpaired) electrons. The second-order valence-corrected chi connectivity index (χ2v) is 4.44. The molecule has 2 N–H and O–H groups in total. The zero-order valence-corrected chi connectivity index (χ0v) is 10.8. The molecule has 3 rings (SSSR count). The van der Waals surface area contributed by atoms with Gasteiger partial charge in [-0.25, -0.2) is 9.37 Å². The van der Waals surface area contributed by atoms with Crippen molar-refractivity contribution in [1.82, 2.24) is 19.9 Å². The molecule has 0 atom stereocenters. The van der Waals surface area contributed by atoms with Crippen LogP contribution in [0.3, 0.4) is 0 Å². The Bertz CT molecular complexity index is 758. The summed E-state index contributed by atoms with van der Waals surface area (Å²) in [5.41, 5.74) is 1.62. The fraction of sp³-hybridized carbons (Fsp3) is 0. The molecule has 0 unspecified atom stereocenters. The van der Waals surface area contributed by atoms with Crippen molar-refractivity contribution in [3.05, 3.63) is 40.6 Å². The van der Waals surface area contributed by atoms with Crippen molar-refractivity contribution in [1.29, 1.82) is 0 Å². The molecule has 0 aliphatic carbocycles. The van der Waals surface area contributed by atoms with E-state index in [9.17, 15) is 4.39 Å². The molecule has 0 aliphatic rings. The van der Waals surface area contributed by atoms with Crippen LogP contribution >= 0.6 is 23.2 Å². The average Bonchev–Trinajstić information content (AvgIpc) is 2.82. The number of benzene rings is 1. The molecule has 2 aromatic heterocycles. The van der Waals surface area contributed by atoms with Crippen LogP contribution in [-0.4, -0.2) is 19.9 Å². The molecule has 19 heavy (non-hydrogen) atoms. The van der Waals surface area contributed by atoms with Crippen LogP contribution in [-0.2, 0) is 0 Å². The maximum absolute atomic E-state index is 13.1. The number of nitrogens with one attached hydrogen (secondary N) is 2. The van der Waals surface area contributed by atoms with E-state index in [2.05, 4.69) is 25.3 Å². The first kappa shape index (κ1) is 12.1. The van der Waals surface area contributed by atoms with Gasteiger partial charge in [-0.15, -0.1) is 0 Å². The number of imidazole rings is 1. The van der Waals surface area contributed by atoms with Crippen LogP contribution in [0.1, 0.15) is 0 Å². The third-order valence-corrected chi connectivity index (χ3v) is 2.90. The third kappa shape index (κ3) is 2.32. The molecule has 0 saturated heterocycles. The number of halogens is 3. The van der Waals surface area contributed by atoms with Crippen molar-refractivity contribution in [3.8, 4) is 0 Å². The van der Waals surface area contributed by atoms with Crippen molar-refractivity contribution < 1.29 is 4.39 Å². The van der Waals surface area contributed by atoms with Crippen LogP contribution in [0.25, 0.3) is 11.2 Å². The number of fused-ring (bicyclic) bond motifs is 1. The fourth-order valence-corrected chi connectivity index (χ4v) is 1.95. The zero-order valence-electron chi connectivity index (χ0n) is 9.28. The first-order valence-electron chi connectivity index (χ1n) is 5.22. The summed E-state index contributed by atoms with van der Waals surface area (Å²) >= 11 is 11.5. The van der Waals surface area contributed by atoms with Gasteiger partial charge in [0, 0.05) is 5.69 Å². The van der Waals surface area contributed by atoms with Crippen molar-refractivity contribution in [2.45, 2.75) is 0 Å². The number of H-pyrrole nitrogens is 1. The van der Waals surface area contributed by atoms with Crippen molar-refractivity contribution >= 4 is 45.9 Å². The Morgan fingerprint density at radius 1 is 1.21 bits per heavy atom. The minimum Gasteiger partial charge on any atom is -0.340 e. The van der Waals surface area contributed by atoms with Gasteiger partial charge in [-0.3, -0.25) is 0 Å². The second kappa shape index (κ2) is 4.64. The molecule has 0 amide bonds. The molecular formula is C11H6Cl2FN5. The summed E-state index contributed by atoms with van der Waals surface area (Å²) in [4.78, 5) is 14.9. The van der Waals surface area contributed by atoms with Gasteiger partial charge in [0.1, 0.15) is 11.3 Å². The highest BCUT2D eigenvalue weighted by molar-refractivity contribution is 6.31. The average molecular weight is 298 g/mol. The number of aromatic amines is 1. The Labute approximate surface area is 116 Å². The summed E-state index contributed by atoms with van der Waals surface area (Å²) in [5.74, 6) is -0.0465. The number of rotatable bonds is 2. The first-order valence-corrected chi connectivity index (χ1v) is 5.98. The lowest BCUT2D eigenvalue weighted by Crippen LogP contribution is -1.97. The maximum Gasteiger partial charge on any atom is 0.226 e. The molecule has 0 fully saturated rings. The van der Waals surface area contributed by atoms with Gasteiger partial charge < -0.3 is 10.3 Å². The normalized spacial score (nSPS) is 10.9. The quantitative estimate of drug-likeness (QED) is 0.710. The molecule has 5 nitrogen and oxygen atoms in total. The molecular weight excluding hydrogens is 292 g/mol. The minimum atomic E-state index is -0.486. The van der Waals surface area contributed by atoms with Gasteiger partial charge in [0.05, 0.1) is 11.3 Å². The first-order chi connectivity index (χ1) is 9.13. The number of anilines is 2. The monoisotopic (exact) mass is 297 g/mol. The molecule has 2 heterocycles. The van der Waals surface area contributed by atoms with E-state index in [-0.39, 0.29) is 10.3 Å². The highest BCUT2D eigenvalue weighted by Gasteiger charge is 2.10. The van der Waals surface area contributed by atoms with E-state index >= 15 is 0 Å². The topological polar surface area (TPSA) is 66.5 Å². The molecule has 0 spiro atoms. The largest absolute Gasteiger partial charge is 0.340 e. The van der Waals surface area contributed by atoms with Crippen LogP contribution in [0.2, 0.25) is 10.3 Å². The molecule has 1 aromatic carbocycles. The van der Waals surface area contributed by atoms with E-state index in [0.29, 0.717) is 22.7 Å². The highest BCUT2D eigenvalue weighted by Crippen LogP contribution is 2.25. The highest BCUT2D eigenvalue weighted by atomic mass is 35.5. The van der Waals surface area contributed by atoms with Gasteiger partial charge >= 0.3 is 0 Å². The van der Waals surface area contributed by atoms with E-state index < -0.39 is 5.82 Å². The SMILES string of the molecule is Fc1ccc(Nc2nc(Cl)nc3nc[nH]c23)cc1Cl. The third-order valence-electron chi connectivity index (χ3n) is 2.44. The van der Waals surface area contributed by atoms with Crippen molar-refractivity contribution in [2.24, 2.45) is 0 Å². The number of aromatic nitrogens is 4. The summed E-state index contributed by atoms with van der Waals surface area (Å²) in [5, 5.41) is 3.07. The van der Waals surface area contributed by atoms with Crippen LogP contribution in [0, 0.1) is 5.82 Å². The van der Waals surface area contributed by atoms with Gasteiger partial charge in [0.2, 0.25) is 5.28 Å². The second-order valence-electron chi connectivity index (χ2n) is 3.70. The summed E-state index contributed by atoms with van der Waals surface area (Å²) in [6.45, 7) is 0. The smallest absolute Gasteiger partial charge is 0.226 e. The fourth-order valence-electron chi connectivity index (χ4n) is 1.61. The zero-order chi connectivity index (χ0) is 13.4. The lowest BCUT2D eigenvalue weighted by Gasteiger charge is -2.07. The van der Waals surface area contributed by atoms with Crippen LogP contribution < -0.4 is 5.32 Å². The number of hydrogen-bond donors (Lipinski definition) is 2. The van der Waals surface area contributed by atoms with Gasteiger partial charge in [-0.1, -0.05) is 11.6 Å². The number of nitrogens with zero attached hydrogens (tertiary/aromatic N) is 3. The van der Waals surface area contributed by atoms with Crippen LogP contribution in [0.15, 0.2) is 24.5 Å². The molecule has 96 valence electrons. The molecule has 0 aliphatic heterocycles. The Morgan fingerprint density at radius 3 is 2.84 bits per heavy atom. The van der Waals surface area contributed by atoms with Gasteiger partial charge in [-0.2, -0.15) is 9.97 Å². The Kier molecular flexibility index (Phi) is 2.96. The van der Waals surface area contributed by atoms with E-state index in [0.717, 1.165) is 0 Å². The van der Waals surface area contributed by atoms with Gasteiger partial charge in [0.25, 0.3) is 0 Å². The molecule has 0 bridgehead atoms.